The third-order valence-electron chi connectivity index (χ3n) is 5.07. The van der Waals surface area contributed by atoms with Crippen molar-refractivity contribution in [3.8, 4) is 0 Å². The summed E-state index contributed by atoms with van der Waals surface area (Å²) in [7, 11) is 0. The second kappa shape index (κ2) is 12.1. The molecule has 0 radical (unpaired) electrons. The Morgan fingerprint density at radius 1 is 1.08 bits per heavy atom. The predicted octanol–water partition coefficient (Wildman–Crippen LogP) is 5.34. The second-order valence-electron chi connectivity index (χ2n) is 7.07. The molecule has 2 nitrogen and oxygen atoms in total. The Kier molecular flexibility index (Phi) is 10.4. The molecule has 0 bridgehead atoms. The number of aliphatic hydroxyl groups is 1. The lowest BCUT2D eigenvalue weighted by Crippen LogP contribution is -2.43. The zero-order valence-corrected chi connectivity index (χ0v) is 16.4. The number of nitrogens with two attached hydrogens (primary N) is 1. The molecule has 140 valence electrons. The van der Waals surface area contributed by atoms with Gasteiger partial charge in [-0.2, -0.15) is 0 Å². The van der Waals surface area contributed by atoms with Crippen LogP contribution in [0.1, 0.15) is 70.4 Å². The molecule has 2 heteroatoms. The topological polar surface area (TPSA) is 46.2 Å². The van der Waals surface area contributed by atoms with Gasteiger partial charge in [-0.05, 0) is 69.4 Å². The van der Waals surface area contributed by atoms with Gasteiger partial charge in [-0.1, -0.05) is 61.9 Å². The molecule has 0 heterocycles. The molecule has 0 spiro atoms. The van der Waals surface area contributed by atoms with Crippen LogP contribution >= 0.6 is 0 Å². The van der Waals surface area contributed by atoms with Crippen molar-refractivity contribution < 1.29 is 5.11 Å². The molecule has 0 amide bonds. The molecule has 1 aromatic carbocycles. The summed E-state index contributed by atoms with van der Waals surface area (Å²) in [5.74, 6) is 0. The molecular weight excluding hydrogens is 306 g/mol. The normalized spacial score (nSPS) is 14.8. The zero-order chi connectivity index (χ0) is 18.5. The second-order valence-corrected chi connectivity index (χ2v) is 7.07. The Hall–Kier alpha value is -1.38. The van der Waals surface area contributed by atoms with E-state index in [-0.39, 0.29) is 6.61 Å². The summed E-state index contributed by atoms with van der Waals surface area (Å²) >= 11 is 0. The number of allylic oxidation sites excluding steroid dienone is 4. The highest BCUT2D eigenvalue weighted by Crippen LogP contribution is 2.17. The summed E-state index contributed by atoms with van der Waals surface area (Å²) in [6, 6.07) is 8.91. The van der Waals surface area contributed by atoms with Crippen LogP contribution in [0.5, 0.6) is 0 Å². The molecule has 0 aliphatic heterocycles. The summed E-state index contributed by atoms with van der Waals surface area (Å²) in [6.07, 6.45) is 15.2. The van der Waals surface area contributed by atoms with Gasteiger partial charge in [0, 0.05) is 5.54 Å². The third kappa shape index (κ3) is 8.51. The molecule has 0 aromatic heterocycles. The van der Waals surface area contributed by atoms with Crippen molar-refractivity contribution in [2.24, 2.45) is 5.73 Å². The van der Waals surface area contributed by atoms with Gasteiger partial charge in [-0.25, -0.2) is 0 Å². The lowest BCUT2D eigenvalue weighted by atomic mass is 9.90. The van der Waals surface area contributed by atoms with Crippen LogP contribution < -0.4 is 5.73 Å². The summed E-state index contributed by atoms with van der Waals surface area (Å²) in [5.41, 5.74) is 9.89. The van der Waals surface area contributed by atoms with Gasteiger partial charge in [0.15, 0.2) is 0 Å². The van der Waals surface area contributed by atoms with Crippen molar-refractivity contribution in [1.29, 1.82) is 0 Å². The Labute approximate surface area is 154 Å². The fourth-order valence-corrected chi connectivity index (χ4v) is 2.88. The maximum Gasteiger partial charge on any atom is 0.0611 e. The third-order valence-corrected chi connectivity index (χ3v) is 5.07. The zero-order valence-electron chi connectivity index (χ0n) is 16.4. The number of hydrogen-bond acceptors (Lipinski definition) is 2. The number of rotatable bonds is 12. The minimum absolute atomic E-state index is 0.0588. The average molecular weight is 344 g/mol. The standard InChI is InChI=1S/C23H37NO/c1-4-7-10-20(5-2)11-8-9-12-21-13-15-22(16-14-21)17-18-23(24,6-3)19-25/h5,7,10,13-16,25H,4,6,8-9,11-12,17-19,24H2,1-3H3/b10-7-,20-5+. The average Bonchev–Trinajstić information content (AvgIpc) is 2.66. The van der Waals surface area contributed by atoms with Crippen molar-refractivity contribution in [2.75, 3.05) is 6.61 Å². The summed E-state index contributed by atoms with van der Waals surface area (Å²) in [5, 5.41) is 9.40. The molecule has 1 aromatic rings. The fraction of sp³-hybridized carbons (Fsp3) is 0.565. The van der Waals surface area contributed by atoms with E-state index in [1.165, 1.54) is 36.0 Å². The Morgan fingerprint density at radius 3 is 2.24 bits per heavy atom. The number of hydrogen-bond donors (Lipinski definition) is 2. The molecule has 1 rings (SSSR count). The minimum atomic E-state index is -0.435. The van der Waals surface area contributed by atoms with Crippen molar-refractivity contribution in [3.63, 3.8) is 0 Å². The molecule has 0 aliphatic rings. The molecule has 3 N–H and O–H groups in total. The van der Waals surface area contributed by atoms with E-state index in [2.05, 4.69) is 56.3 Å². The van der Waals surface area contributed by atoms with E-state index in [4.69, 9.17) is 5.73 Å². The molecule has 1 unspecified atom stereocenters. The molecule has 25 heavy (non-hydrogen) atoms. The van der Waals surface area contributed by atoms with E-state index in [0.717, 1.165) is 32.1 Å². The van der Waals surface area contributed by atoms with Gasteiger partial charge in [0.25, 0.3) is 0 Å². The molecule has 0 saturated heterocycles. The van der Waals surface area contributed by atoms with Crippen LogP contribution in [-0.2, 0) is 12.8 Å². The Balaban J connectivity index is 2.36. The maximum absolute atomic E-state index is 9.40. The van der Waals surface area contributed by atoms with Crippen LogP contribution in [0, 0.1) is 0 Å². The number of aliphatic hydroxyl groups excluding tert-OH is 1. The van der Waals surface area contributed by atoms with Gasteiger partial charge < -0.3 is 10.8 Å². The number of unbranched alkanes of at least 4 members (excludes halogenated alkanes) is 1. The highest BCUT2D eigenvalue weighted by atomic mass is 16.3. The molecule has 1 atom stereocenters. The Bertz CT molecular complexity index is 524. The van der Waals surface area contributed by atoms with Gasteiger partial charge in [-0.15, -0.1) is 0 Å². The first kappa shape index (κ1) is 21.7. The fourth-order valence-electron chi connectivity index (χ4n) is 2.88. The lowest BCUT2D eigenvalue weighted by Gasteiger charge is -2.25. The van der Waals surface area contributed by atoms with E-state index >= 15 is 0 Å². The quantitative estimate of drug-likeness (QED) is 0.397. The van der Waals surface area contributed by atoms with E-state index < -0.39 is 5.54 Å². The van der Waals surface area contributed by atoms with Gasteiger partial charge in [0.05, 0.1) is 6.61 Å². The highest BCUT2D eigenvalue weighted by Gasteiger charge is 2.20. The van der Waals surface area contributed by atoms with E-state index in [1.807, 2.05) is 6.92 Å². The molecule has 0 fully saturated rings. The van der Waals surface area contributed by atoms with Crippen molar-refractivity contribution in [1.82, 2.24) is 0 Å². The number of aryl methyl sites for hydroxylation is 2. The van der Waals surface area contributed by atoms with Crippen LogP contribution in [0.3, 0.4) is 0 Å². The van der Waals surface area contributed by atoms with Crippen LogP contribution in [0.2, 0.25) is 0 Å². The highest BCUT2D eigenvalue weighted by molar-refractivity contribution is 5.23. The van der Waals surface area contributed by atoms with Crippen LogP contribution in [-0.4, -0.2) is 17.3 Å². The van der Waals surface area contributed by atoms with Crippen LogP contribution in [0.4, 0.5) is 0 Å². The molecule has 0 aliphatic carbocycles. The SMILES string of the molecule is C/C=C(\C=C/CC)CCCCc1ccc(CCC(N)(CC)CO)cc1. The van der Waals surface area contributed by atoms with Gasteiger partial charge in [-0.3, -0.25) is 0 Å². The smallest absolute Gasteiger partial charge is 0.0611 e. The van der Waals surface area contributed by atoms with Gasteiger partial charge in [0.1, 0.15) is 0 Å². The summed E-state index contributed by atoms with van der Waals surface area (Å²) in [4.78, 5) is 0. The van der Waals surface area contributed by atoms with E-state index in [0.29, 0.717) is 0 Å². The first-order valence-electron chi connectivity index (χ1n) is 9.86. The van der Waals surface area contributed by atoms with Crippen LogP contribution in [0.15, 0.2) is 48.1 Å². The summed E-state index contributed by atoms with van der Waals surface area (Å²) in [6.45, 7) is 6.39. The monoisotopic (exact) mass is 343 g/mol. The Morgan fingerprint density at radius 2 is 1.72 bits per heavy atom. The first-order chi connectivity index (χ1) is 12.1. The van der Waals surface area contributed by atoms with Gasteiger partial charge in [0.2, 0.25) is 0 Å². The van der Waals surface area contributed by atoms with E-state index in [9.17, 15) is 5.11 Å². The van der Waals surface area contributed by atoms with Crippen molar-refractivity contribution in [3.05, 3.63) is 59.2 Å². The minimum Gasteiger partial charge on any atom is -0.394 e. The molecule has 0 saturated carbocycles. The van der Waals surface area contributed by atoms with Crippen molar-refractivity contribution >= 4 is 0 Å². The maximum atomic E-state index is 9.40. The first-order valence-corrected chi connectivity index (χ1v) is 9.86. The predicted molar refractivity (Wildman–Crippen MR) is 110 cm³/mol. The van der Waals surface area contributed by atoms with E-state index in [1.54, 1.807) is 0 Å². The largest absolute Gasteiger partial charge is 0.394 e. The van der Waals surface area contributed by atoms with Crippen LogP contribution in [0.25, 0.3) is 0 Å². The number of benzene rings is 1. The lowest BCUT2D eigenvalue weighted by molar-refractivity contribution is 0.183. The molecular formula is C23H37NO. The summed E-state index contributed by atoms with van der Waals surface area (Å²) < 4.78 is 0. The van der Waals surface area contributed by atoms with Crippen molar-refractivity contribution in [2.45, 2.75) is 77.7 Å². The van der Waals surface area contributed by atoms with Gasteiger partial charge >= 0.3 is 0 Å².